The Bertz CT molecular complexity index is 2440. The highest BCUT2D eigenvalue weighted by Gasteiger charge is 2.32. The average Bonchev–Trinajstić information content (AvgIpc) is 3.43. The second-order valence-corrected chi connectivity index (χ2v) is 13.7. The molecule has 8 rings (SSSR count). The van der Waals surface area contributed by atoms with E-state index in [9.17, 15) is 4.79 Å². The van der Waals surface area contributed by atoms with E-state index < -0.39 is 0 Å². The lowest BCUT2D eigenvalue weighted by Crippen LogP contribution is -2.38. The number of nitrogens with zero attached hydrogens (tertiary/aromatic N) is 2. The molecule has 2 heterocycles. The molecule has 0 saturated heterocycles. The summed E-state index contributed by atoms with van der Waals surface area (Å²) in [6, 6.07) is 34.5. The van der Waals surface area contributed by atoms with Crippen molar-refractivity contribution in [3.05, 3.63) is 161 Å². The highest BCUT2D eigenvalue weighted by molar-refractivity contribution is 9.10. The highest BCUT2D eigenvalue weighted by Crippen LogP contribution is 2.42. The monoisotopic (exact) mass is 714 g/mol. The van der Waals surface area contributed by atoms with Crippen molar-refractivity contribution in [2.75, 3.05) is 14.2 Å². The summed E-state index contributed by atoms with van der Waals surface area (Å²) in [5, 5.41) is 2.32. The van der Waals surface area contributed by atoms with Gasteiger partial charge < -0.3 is 14.2 Å². The summed E-state index contributed by atoms with van der Waals surface area (Å²) in [4.78, 5) is 20.1. The lowest BCUT2D eigenvalue weighted by Gasteiger charge is -2.31. The molecule has 0 radical (unpaired) electrons. The maximum atomic E-state index is 14.3. The van der Waals surface area contributed by atoms with Gasteiger partial charge in [0.05, 0.1) is 35.0 Å². The molecule has 0 saturated carbocycles. The second-order valence-electron chi connectivity index (χ2n) is 11.9. The van der Waals surface area contributed by atoms with Crippen LogP contribution in [0.2, 0.25) is 0 Å². The number of fused-ring (bicyclic) bond motifs is 4. The molecule has 1 aromatic heterocycles. The van der Waals surface area contributed by atoms with Crippen LogP contribution in [0.15, 0.2) is 123 Å². The lowest BCUT2D eigenvalue weighted by molar-refractivity contribution is 0.283. The highest BCUT2D eigenvalue weighted by atomic mass is 79.9. The van der Waals surface area contributed by atoms with Crippen molar-refractivity contribution in [3.8, 4) is 17.2 Å². The molecule has 0 N–H and O–H groups in total. The second kappa shape index (κ2) is 12.6. The van der Waals surface area contributed by atoms with Crippen LogP contribution in [0.5, 0.6) is 17.2 Å². The van der Waals surface area contributed by atoms with Gasteiger partial charge in [0.2, 0.25) is 0 Å². The van der Waals surface area contributed by atoms with E-state index in [4.69, 9.17) is 19.2 Å². The first-order valence-corrected chi connectivity index (χ1v) is 17.4. The first-order chi connectivity index (χ1) is 23.5. The van der Waals surface area contributed by atoms with E-state index in [0.717, 1.165) is 62.0 Å². The van der Waals surface area contributed by atoms with Crippen molar-refractivity contribution < 1.29 is 14.2 Å². The number of aryl methyl sites for hydroxylation is 1. The van der Waals surface area contributed by atoms with E-state index in [1.807, 2.05) is 59.2 Å². The summed E-state index contributed by atoms with van der Waals surface area (Å²) in [6.45, 7) is 0.381. The Kier molecular flexibility index (Phi) is 7.98. The van der Waals surface area contributed by atoms with Crippen LogP contribution in [0, 0.1) is 0 Å². The first-order valence-electron chi connectivity index (χ1n) is 15.8. The Balaban J connectivity index is 1.21. The van der Waals surface area contributed by atoms with E-state index in [1.165, 1.54) is 22.3 Å². The van der Waals surface area contributed by atoms with Gasteiger partial charge in [0.1, 0.15) is 12.4 Å². The van der Waals surface area contributed by atoms with E-state index in [-0.39, 0.29) is 11.6 Å². The van der Waals surface area contributed by atoms with Crippen LogP contribution < -0.4 is 29.1 Å². The number of allylic oxidation sites excluding steroid dienone is 1. The normalized spacial score (nSPS) is 15.4. The summed E-state index contributed by atoms with van der Waals surface area (Å²) in [5.74, 6) is 1.93. The molecule has 5 aromatic carbocycles. The topological polar surface area (TPSA) is 62.0 Å². The Morgan fingerprint density at radius 3 is 2.60 bits per heavy atom. The van der Waals surface area contributed by atoms with Crippen molar-refractivity contribution in [2.45, 2.75) is 25.5 Å². The number of halogens is 1. The molecule has 0 unspecified atom stereocenters. The number of benzene rings is 5. The zero-order valence-corrected chi connectivity index (χ0v) is 28.8. The van der Waals surface area contributed by atoms with Gasteiger partial charge in [-0.2, -0.15) is 0 Å². The summed E-state index contributed by atoms with van der Waals surface area (Å²) in [6.07, 6.45) is 3.63. The molecule has 6 aromatic rings. The van der Waals surface area contributed by atoms with Gasteiger partial charge >= 0.3 is 0 Å². The molecule has 0 spiro atoms. The lowest BCUT2D eigenvalue weighted by atomic mass is 9.83. The summed E-state index contributed by atoms with van der Waals surface area (Å²) >= 11 is 5.12. The van der Waals surface area contributed by atoms with E-state index in [2.05, 4.69) is 70.5 Å². The van der Waals surface area contributed by atoms with Crippen LogP contribution in [0.25, 0.3) is 22.5 Å². The number of hydrogen-bond donors (Lipinski definition) is 0. The van der Waals surface area contributed by atoms with Crippen LogP contribution in [-0.4, -0.2) is 18.8 Å². The van der Waals surface area contributed by atoms with Crippen LogP contribution in [0.1, 0.15) is 40.3 Å². The molecule has 1 atom stereocenters. The van der Waals surface area contributed by atoms with Crippen molar-refractivity contribution in [2.24, 2.45) is 4.99 Å². The minimum Gasteiger partial charge on any atom is -0.497 e. The van der Waals surface area contributed by atoms with E-state index in [0.29, 0.717) is 27.4 Å². The smallest absolute Gasteiger partial charge is 0.271 e. The zero-order valence-electron chi connectivity index (χ0n) is 26.4. The molecule has 0 bridgehead atoms. The fraction of sp³-hybridized carbons (Fsp3) is 0.150. The molecular weight excluding hydrogens is 684 g/mol. The molecule has 48 heavy (non-hydrogen) atoms. The molecular formula is C40H31BrN2O4S. The molecule has 0 fully saturated rings. The van der Waals surface area contributed by atoms with Crippen LogP contribution in [-0.2, 0) is 13.0 Å². The Morgan fingerprint density at radius 2 is 1.73 bits per heavy atom. The number of ether oxygens (including phenoxy) is 3. The van der Waals surface area contributed by atoms with E-state index >= 15 is 0 Å². The van der Waals surface area contributed by atoms with Gasteiger partial charge in [-0.05, 0) is 97.7 Å². The Hall–Kier alpha value is -4.92. The molecule has 238 valence electrons. The standard InChI is InChI=1S/C40H31BrN2O4S/c1-45-29-14-8-12-27(22-29)37-32-18-17-26-10-4-6-16-31(26)36(32)42-40-43(37)39(44)35(48-40)21-24-19-33(41)38(34(20-24)46-2)47-23-28-13-7-11-25-9-3-5-15-30(25)28/h3-16,19-22,37H,17-18,23H2,1-2H3/b35-21+/t37-/m1/s1. The fourth-order valence-corrected chi connectivity index (χ4v) is 8.39. The van der Waals surface area contributed by atoms with Crippen molar-refractivity contribution >= 4 is 49.8 Å². The summed E-state index contributed by atoms with van der Waals surface area (Å²) < 4.78 is 20.9. The van der Waals surface area contributed by atoms with Gasteiger partial charge in [0, 0.05) is 5.56 Å². The number of thiazole rings is 1. The molecule has 1 aliphatic carbocycles. The molecule has 2 aliphatic rings. The minimum atomic E-state index is -0.284. The van der Waals surface area contributed by atoms with Gasteiger partial charge in [-0.15, -0.1) is 0 Å². The summed E-state index contributed by atoms with van der Waals surface area (Å²) in [7, 11) is 3.29. The number of methoxy groups -OCH3 is 2. The average molecular weight is 716 g/mol. The molecule has 1 aliphatic heterocycles. The number of aromatic nitrogens is 1. The van der Waals surface area contributed by atoms with E-state index in [1.54, 1.807) is 14.2 Å². The maximum Gasteiger partial charge on any atom is 0.271 e. The van der Waals surface area contributed by atoms with Gasteiger partial charge in [0.15, 0.2) is 16.3 Å². The zero-order chi connectivity index (χ0) is 32.8. The molecule has 0 amide bonds. The van der Waals surface area contributed by atoms with Crippen LogP contribution in [0.4, 0.5) is 0 Å². The quantitative estimate of drug-likeness (QED) is 0.169. The summed E-state index contributed by atoms with van der Waals surface area (Å²) in [5.41, 5.74) is 7.36. The Morgan fingerprint density at radius 1 is 0.917 bits per heavy atom. The SMILES string of the molecule is COc1cccc([C@@H]2C3=C(N=c4s/c(=C/c5cc(Br)c(OCc6cccc7ccccc67)c(OC)c5)c(=O)n42)c2ccccc2CC3)c1. The Labute approximate surface area is 290 Å². The third kappa shape index (κ3) is 5.35. The van der Waals surface area contributed by atoms with Crippen molar-refractivity contribution in [3.63, 3.8) is 0 Å². The molecule has 6 nitrogen and oxygen atoms in total. The molecule has 8 heteroatoms. The van der Waals surface area contributed by atoms with Gasteiger partial charge in [-0.25, -0.2) is 4.99 Å². The predicted octanol–water partition coefficient (Wildman–Crippen LogP) is 7.83. The van der Waals surface area contributed by atoms with Crippen LogP contribution in [0.3, 0.4) is 0 Å². The number of hydrogen-bond acceptors (Lipinski definition) is 6. The minimum absolute atomic E-state index is 0.0802. The third-order valence-corrected chi connectivity index (χ3v) is 10.7. The van der Waals surface area contributed by atoms with Gasteiger partial charge in [0.25, 0.3) is 5.56 Å². The van der Waals surface area contributed by atoms with Gasteiger partial charge in [-0.1, -0.05) is 90.2 Å². The van der Waals surface area contributed by atoms with Crippen molar-refractivity contribution in [1.82, 2.24) is 4.57 Å². The van der Waals surface area contributed by atoms with Crippen molar-refractivity contribution in [1.29, 1.82) is 0 Å². The fourth-order valence-electron chi connectivity index (χ4n) is 6.82. The maximum absolute atomic E-state index is 14.3. The first kappa shape index (κ1) is 30.4. The predicted molar refractivity (Wildman–Crippen MR) is 195 cm³/mol. The van der Waals surface area contributed by atoms with Gasteiger partial charge in [-0.3, -0.25) is 9.36 Å². The third-order valence-electron chi connectivity index (χ3n) is 9.08. The largest absolute Gasteiger partial charge is 0.497 e. The van der Waals surface area contributed by atoms with Crippen LogP contribution >= 0.6 is 27.3 Å². The number of rotatable bonds is 7.